The van der Waals surface area contributed by atoms with E-state index < -0.39 is 8.07 Å². The smallest absolute Gasteiger partial charge is 0.152 e. The van der Waals surface area contributed by atoms with E-state index in [4.69, 9.17) is 0 Å². The van der Waals surface area contributed by atoms with E-state index in [1.807, 2.05) is 25.1 Å². The van der Waals surface area contributed by atoms with E-state index in [2.05, 4.69) is 69.0 Å². The number of Topliss-reactive ketones (excluding diaryl/α,β-unsaturated/α-hetero) is 1. The largest absolute Gasteiger partial charge is 0.300 e. The molecule has 2 aromatic carbocycles. The van der Waals surface area contributed by atoms with Crippen LogP contribution in [-0.4, -0.2) is 19.6 Å². The molecule has 192 valence electrons. The van der Waals surface area contributed by atoms with Gasteiger partial charge in [0, 0.05) is 14.5 Å². The molecular formula is C32H48O2Si. The first-order chi connectivity index (χ1) is 16.4. The molecule has 0 unspecified atom stereocenters. The molecule has 35 heavy (non-hydrogen) atoms. The summed E-state index contributed by atoms with van der Waals surface area (Å²) >= 11 is 0. The van der Waals surface area contributed by atoms with Gasteiger partial charge in [-0.2, -0.15) is 0 Å². The van der Waals surface area contributed by atoms with Gasteiger partial charge in [0.25, 0.3) is 0 Å². The fourth-order valence-electron chi connectivity index (χ4n) is 4.44. The number of carbonyl (C=O) groups is 2. The second-order valence-corrected chi connectivity index (χ2v) is 17.3. The molecule has 2 rings (SSSR count). The third kappa shape index (κ3) is 16.1. The van der Waals surface area contributed by atoms with E-state index in [0.717, 1.165) is 37.7 Å². The lowest BCUT2D eigenvalue weighted by Gasteiger charge is -2.30. The molecule has 0 saturated heterocycles. The molecule has 0 N–H and O–H groups in total. The molecule has 0 aliphatic heterocycles. The van der Waals surface area contributed by atoms with Gasteiger partial charge in [-0.3, -0.25) is 4.79 Å². The van der Waals surface area contributed by atoms with E-state index in [-0.39, 0.29) is 11.2 Å². The van der Waals surface area contributed by atoms with Gasteiger partial charge in [0.15, 0.2) is 5.78 Å². The SMILES string of the molecule is CC(=O)/C=C(\C)CCc1ccccc1.CC(=O)C[C@@](C)(CCC[Si](C)(C)C)CCc1ccccc1. The minimum Gasteiger partial charge on any atom is -0.300 e. The van der Waals surface area contributed by atoms with Crippen molar-refractivity contribution in [3.05, 3.63) is 83.4 Å². The molecule has 0 radical (unpaired) electrons. The van der Waals surface area contributed by atoms with Crippen LogP contribution in [-0.2, 0) is 22.4 Å². The number of ketones is 2. The van der Waals surface area contributed by atoms with E-state index in [1.165, 1.54) is 30.0 Å². The number of hydrogen-bond donors (Lipinski definition) is 0. The summed E-state index contributed by atoms with van der Waals surface area (Å²) in [6, 6.07) is 22.3. The van der Waals surface area contributed by atoms with Crippen molar-refractivity contribution in [1.82, 2.24) is 0 Å². The molecule has 0 spiro atoms. The van der Waals surface area contributed by atoms with E-state index in [9.17, 15) is 9.59 Å². The van der Waals surface area contributed by atoms with Gasteiger partial charge in [0.05, 0.1) is 0 Å². The van der Waals surface area contributed by atoms with Crippen molar-refractivity contribution in [2.75, 3.05) is 0 Å². The van der Waals surface area contributed by atoms with Crippen LogP contribution in [0.2, 0.25) is 25.7 Å². The Balaban J connectivity index is 0.000000379. The summed E-state index contributed by atoms with van der Waals surface area (Å²) in [5, 5.41) is 0. The fraction of sp³-hybridized carbons (Fsp3) is 0.500. The molecule has 0 saturated carbocycles. The average Bonchev–Trinajstić information content (AvgIpc) is 2.76. The van der Waals surface area contributed by atoms with Crippen LogP contribution in [0.3, 0.4) is 0 Å². The van der Waals surface area contributed by atoms with Gasteiger partial charge >= 0.3 is 0 Å². The average molecular weight is 493 g/mol. The minimum atomic E-state index is -0.969. The minimum absolute atomic E-state index is 0.135. The van der Waals surface area contributed by atoms with Crippen molar-refractivity contribution >= 4 is 19.6 Å². The molecule has 0 bridgehead atoms. The van der Waals surface area contributed by atoms with Crippen LogP contribution in [0, 0.1) is 5.41 Å². The number of hydrogen-bond acceptors (Lipinski definition) is 2. The molecule has 3 heteroatoms. The highest BCUT2D eigenvalue weighted by molar-refractivity contribution is 6.76. The van der Waals surface area contributed by atoms with Crippen LogP contribution in [0.25, 0.3) is 0 Å². The number of benzene rings is 2. The van der Waals surface area contributed by atoms with E-state index in [0.29, 0.717) is 5.78 Å². The van der Waals surface area contributed by atoms with Crippen LogP contribution < -0.4 is 0 Å². The maximum Gasteiger partial charge on any atom is 0.152 e. The zero-order valence-corrected chi connectivity index (χ0v) is 24.3. The summed E-state index contributed by atoms with van der Waals surface area (Å²) in [4.78, 5) is 22.4. The normalized spacial score (nSPS) is 13.4. The quantitative estimate of drug-likeness (QED) is 0.207. The first kappa shape index (κ1) is 30.8. The Bertz CT molecular complexity index is 910. The number of rotatable bonds is 13. The zero-order chi connectivity index (χ0) is 26.3. The van der Waals surface area contributed by atoms with E-state index >= 15 is 0 Å². The molecular weight excluding hydrogens is 444 g/mol. The topological polar surface area (TPSA) is 34.1 Å². The van der Waals surface area contributed by atoms with Crippen LogP contribution in [0.15, 0.2) is 72.3 Å². The first-order valence-corrected chi connectivity index (χ1v) is 16.8. The van der Waals surface area contributed by atoms with E-state index in [1.54, 1.807) is 19.9 Å². The Morgan fingerprint density at radius 3 is 1.77 bits per heavy atom. The van der Waals surface area contributed by atoms with Crippen molar-refractivity contribution in [2.45, 2.75) is 98.3 Å². The molecule has 0 aliphatic rings. The second-order valence-electron chi connectivity index (χ2n) is 11.7. The molecule has 0 heterocycles. The molecule has 2 nitrogen and oxygen atoms in total. The van der Waals surface area contributed by atoms with Crippen LogP contribution in [0.1, 0.15) is 70.9 Å². The molecule has 0 amide bonds. The summed E-state index contributed by atoms with van der Waals surface area (Å²) < 4.78 is 0. The Kier molecular flexibility index (Phi) is 13.8. The van der Waals surface area contributed by atoms with Gasteiger partial charge in [0.1, 0.15) is 5.78 Å². The van der Waals surface area contributed by atoms with Gasteiger partial charge in [-0.25, -0.2) is 0 Å². The second kappa shape index (κ2) is 15.7. The van der Waals surface area contributed by atoms with Gasteiger partial charge in [-0.15, -0.1) is 0 Å². The van der Waals surface area contributed by atoms with Gasteiger partial charge < -0.3 is 4.79 Å². The van der Waals surface area contributed by atoms with Crippen molar-refractivity contribution in [3.63, 3.8) is 0 Å². The predicted octanol–water partition coefficient (Wildman–Crippen LogP) is 8.88. The molecule has 2 aromatic rings. The Hall–Kier alpha value is -2.26. The predicted molar refractivity (Wildman–Crippen MR) is 155 cm³/mol. The van der Waals surface area contributed by atoms with Crippen molar-refractivity contribution in [3.8, 4) is 0 Å². The molecule has 1 atom stereocenters. The first-order valence-electron chi connectivity index (χ1n) is 13.1. The Labute approximate surface area is 216 Å². The third-order valence-corrected chi connectivity index (χ3v) is 8.20. The monoisotopic (exact) mass is 492 g/mol. The lowest BCUT2D eigenvalue weighted by molar-refractivity contribution is -0.119. The van der Waals surface area contributed by atoms with Crippen LogP contribution in [0.4, 0.5) is 0 Å². The van der Waals surface area contributed by atoms with Gasteiger partial charge in [0.2, 0.25) is 0 Å². The maximum atomic E-state index is 11.6. The number of aryl methyl sites for hydroxylation is 2. The number of allylic oxidation sites excluding steroid dienone is 2. The highest BCUT2D eigenvalue weighted by atomic mass is 28.3. The Morgan fingerprint density at radius 2 is 1.31 bits per heavy atom. The standard InChI is InChI=1S/C19H32OSi.C13H16O/c1-17(20)16-19(2,13-9-15-21(3,4)5)14-12-18-10-7-6-8-11-18;1-11(10-12(2)14)8-9-13-6-4-3-5-7-13/h6-8,10-11H,9,12-16H2,1-5H3;3-7,10H,8-9H2,1-2H3/b;11-10+/t19-;/m0./s1. The number of carbonyl (C=O) groups excluding carboxylic acids is 2. The lowest BCUT2D eigenvalue weighted by Crippen LogP contribution is -2.24. The highest BCUT2D eigenvalue weighted by Crippen LogP contribution is 2.35. The summed E-state index contributed by atoms with van der Waals surface area (Å²) in [5.41, 5.74) is 4.03. The Morgan fingerprint density at radius 1 is 0.800 bits per heavy atom. The summed E-state index contributed by atoms with van der Waals surface area (Å²) in [5.74, 6) is 0.467. The lowest BCUT2D eigenvalue weighted by atomic mass is 9.76. The summed E-state index contributed by atoms with van der Waals surface area (Å²) in [6.07, 6.45) is 9.06. The van der Waals surface area contributed by atoms with Crippen molar-refractivity contribution in [1.29, 1.82) is 0 Å². The van der Waals surface area contributed by atoms with Crippen molar-refractivity contribution < 1.29 is 9.59 Å². The van der Waals surface area contributed by atoms with Gasteiger partial charge in [-0.1, -0.05) is 105 Å². The molecule has 0 fully saturated rings. The third-order valence-electron chi connectivity index (χ3n) is 6.34. The summed E-state index contributed by atoms with van der Waals surface area (Å²) in [7, 11) is -0.969. The van der Waals surface area contributed by atoms with Gasteiger partial charge in [-0.05, 0) is 75.5 Å². The highest BCUT2D eigenvalue weighted by Gasteiger charge is 2.26. The van der Waals surface area contributed by atoms with Crippen LogP contribution in [0.5, 0.6) is 0 Å². The maximum absolute atomic E-state index is 11.6. The molecule has 0 aromatic heterocycles. The van der Waals surface area contributed by atoms with Crippen molar-refractivity contribution in [2.24, 2.45) is 5.41 Å². The zero-order valence-electron chi connectivity index (χ0n) is 23.3. The molecule has 0 aliphatic carbocycles. The van der Waals surface area contributed by atoms with Crippen LogP contribution >= 0.6 is 0 Å². The fourth-order valence-corrected chi connectivity index (χ4v) is 5.68. The summed E-state index contributed by atoms with van der Waals surface area (Å²) in [6.45, 7) is 14.9.